The molecule has 0 saturated heterocycles. The minimum atomic E-state index is -0.780. The highest BCUT2D eigenvalue weighted by atomic mass is 16.4. The Kier molecular flexibility index (Phi) is 2.91. The number of rotatable bonds is 3. The molecule has 0 aliphatic rings. The lowest BCUT2D eigenvalue weighted by molar-refractivity contribution is -0.136. The SMILES string of the molecule is [B]c1cccc(CCC(=O)O)c1. The molecule has 1 aromatic carbocycles. The number of carboxylic acid groups (broad SMARTS) is 1. The first-order valence-corrected chi connectivity index (χ1v) is 3.74. The monoisotopic (exact) mass is 160 g/mol. The molecule has 0 heterocycles. The van der Waals surface area contributed by atoms with E-state index >= 15 is 0 Å². The summed E-state index contributed by atoms with van der Waals surface area (Å²) in [5, 5.41) is 8.41. The van der Waals surface area contributed by atoms with Gasteiger partial charge in [-0.15, -0.1) is 0 Å². The number of aliphatic carboxylic acids is 1. The second kappa shape index (κ2) is 3.95. The summed E-state index contributed by atoms with van der Waals surface area (Å²) < 4.78 is 0. The van der Waals surface area contributed by atoms with Gasteiger partial charge in [0.2, 0.25) is 0 Å². The molecule has 0 aliphatic heterocycles. The highest BCUT2D eigenvalue weighted by Crippen LogP contribution is 2.00. The predicted octanol–water partition coefficient (Wildman–Crippen LogP) is 0.498. The fraction of sp³-hybridized carbons (Fsp3) is 0.222. The van der Waals surface area contributed by atoms with Crippen LogP contribution in [-0.4, -0.2) is 18.9 Å². The number of benzene rings is 1. The first kappa shape index (κ1) is 8.85. The van der Waals surface area contributed by atoms with Crippen molar-refractivity contribution in [1.82, 2.24) is 0 Å². The van der Waals surface area contributed by atoms with Crippen molar-refractivity contribution in [2.24, 2.45) is 0 Å². The molecule has 1 aromatic rings. The van der Waals surface area contributed by atoms with Gasteiger partial charge in [-0.05, 0) is 12.0 Å². The van der Waals surface area contributed by atoms with Crippen LogP contribution < -0.4 is 5.46 Å². The Labute approximate surface area is 72.6 Å². The van der Waals surface area contributed by atoms with E-state index < -0.39 is 5.97 Å². The normalized spacial score (nSPS) is 9.67. The Bertz CT molecular complexity index is 284. The van der Waals surface area contributed by atoms with Gasteiger partial charge in [0.1, 0.15) is 7.85 Å². The lowest BCUT2D eigenvalue weighted by Gasteiger charge is -1.99. The Morgan fingerprint density at radius 1 is 1.50 bits per heavy atom. The molecule has 12 heavy (non-hydrogen) atoms. The van der Waals surface area contributed by atoms with Gasteiger partial charge in [-0.3, -0.25) is 4.79 Å². The molecule has 60 valence electrons. The van der Waals surface area contributed by atoms with Crippen LogP contribution in [0, 0.1) is 0 Å². The molecular weight excluding hydrogens is 151 g/mol. The molecule has 0 spiro atoms. The zero-order valence-electron chi connectivity index (χ0n) is 6.66. The Morgan fingerprint density at radius 3 is 2.83 bits per heavy atom. The van der Waals surface area contributed by atoms with E-state index in [1.54, 1.807) is 12.1 Å². The van der Waals surface area contributed by atoms with Gasteiger partial charge in [0.25, 0.3) is 0 Å². The van der Waals surface area contributed by atoms with Crippen molar-refractivity contribution in [3.05, 3.63) is 29.8 Å². The first-order valence-electron chi connectivity index (χ1n) is 3.74. The van der Waals surface area contributed by atoms with Crippen molar-refractivity contribution in [2.75, 3.05) is 0 Å². The molecule has 0 atom stereocenters. The fourth-order valence-corrected chi connectivity index (χ4v) is 1.000. The van der Waals surface area contributed by atoms with Gasteiger partial charge in [-0.1, -0.05) is 29.7 Å². The highest BCUT2D eigenvalue weighted by Gasteiger charge is 1.97. The molecule has 0 amide bonds. The number of carbonyl (C=O) groups is 1. The number of hydrogen-bond donors (Lipinski definition) is 1. The Morgan fingerprint density at radius 2 is 2.25 bits per heavy atom. The summed E-state index contributed by atoms with van der Waals surface area (Å²) in [7, 11) is 5.52. The molecule has 3 heteroatoms. The van der Waals surface area contributed by atoms with Crippen molar-refractivity contribution < 1.29 is 9.90 Å². The maximum Gasteiger partial charge on any atom is 0.303 e. The molecule has 0 fully saturated rings. The summed E-state index contributed by atoms with van der Waals surface area (Å²) in [6.07, 6.45) is 0.698. The van der Waals surface area contributed by atoms with Crippen molar-refractivity contribution in [2.45, 2.75) is 12.8 Å². The third-order valence-electron chi connectivity index (χ3n) is 1.58. The summed E-state index contributed by atoms with van der Waals surface area (Å²) in [4.78, 5) is 10.2. The minimum absolute atomic E-state index is 0.156. The lowest BCUT2D eigenvalue weighted by Crippen LogP contribution is -2.04. The molecule has 2 nitrogen and oxygen atoms in total. The molecule has 1 rings (SSSR count). The molecule has 1 N–H and O–H groups in total. The van der Waals surface area contributed by atoms with Crippen molar-refractivity contribution >= 4 is 19.3 Å². The third kappa shape index (κ3) is 2.78. The molecule has 2 radical (unpaired) electrons. The molecule has 0 saturated carbocycles. The summed E-state index contributed by atoms with van der Waals surface area (Å²) in [6, 6.07) is 7.28. The first-order chi connectivity index (χ1) is 5.68. The van der Waals surface area contributed by atoms with Gasteiger partial charge in [-0.25, -0.2) is 0 Å². The van der Waals surface area contributed by atoms with Crippen LogP contribution in [0.3, 0.4) is 0 Å². The second-order valence-corrected chi connectivity index (χ2v) is 2.64. The number of carboxylic acids is 1. The van der Waals surface area contributed by atoms with Gasteiger partial charge in [0.05, 0.1) is 0 Å². The van der Waals surface area contributed by atoms with Crippen LogP contribution >= 0.6 is 0 Å². The molecule has 0 aromatic heterocycles. The second-order valence-electron chi connectivity index (χ2n) is 2.64. The minimum Gasteiger partial charge on any atom is -0.481 e. The summed E-state index contributed by atoms with van der Waals surface area (Å²) in [5.41, 5.74) is 1.65. The van der Waals surface area contributed by atoms with E-state index in [1.165, 1.54) is 0 Å². The van der Waals surface area contributed by atoms with Gasteiger partial charge < -0.3 is 5.11 Å². The Hall–Kier alpha value is -1.25. The predicted molar refractivity (Wildman–Crippen MR) is 47.8 cm³/mol. The maximum absolute atomic E-state index is 10.2. The van der Waals surface area contributed by atoms with E-state index in [2.05, 4.69) is 0 Å². The summed E-state index contributed by atoms with van der Waals surface area (Å²) in [5.74, 6) is -0.780. The third-order valence-corrected chi connectivity index (χ3v) is 1.58. The van der Waals surface area contributed by atoms with Crippen LogP contribution in [-0.2, 0) is 11.2 Å². The molecule has 0 unspecified atom stereocenters. The quantitative estimate of drug-likeness (QED) is 0.653. The van der Waals surface area contributed by atoms with E-state index in [0.29, 0.717) is 11.9 Å². The van der Waals surface area contributed by atoms with Crippen LogP contribution in [0.5, 0.6) is 0 Å². The van der Waals surface area contributed by atoms with E-state index in [0.717, 1.165) is 5.56 Å². The topological polar surface area (TPSA) is 37.3 Å². The average Bonchev–Trinajstić information content (AvgIpc) is 2.01. The van der Waals surface area contributed by atoms with Gasteiger partial charge in [-0.2, -0.15) is 0 Å². The maximum atomic E-state index is 10.2. The smallest absolute Gasteiger partial charge is 0.303 e. The molecular formula is C9H9BO2. The average molecular weight is 160 g/mol. The highest BCUT2D eigenvalue weighted by molar-refractivity contribution is 6.32. The van der Waals surface area contributed by atoms with E-state index in [9.17, 15) is 4.79 Å². The summed E-state index contributed by atoms with van der Waals surface area (Å²) >= 11 is 0. The van der Waals surface area contributed by atoms with Crippen LogP contribution in [0.25, 0.3) is 0 Å². The summed E-state index contributed by atoms with van der Waals surface area (Å²) in [6.45, 7) is 0. The van der Waals surface area contributed by atoms with E-state index in [1.807, 2.05) is 12.1 Å². The number of aryl methyl sites for hydroxylation is 1. The van der Waals surface area contributed by atoms with Gasteiger partial charge in [0, 0.05) is 6.42 Å². The van der Waals surface area contributed by atoms with Crippen LogP contribution in [0.4, 0.5) is 0 Å². The lowest BCUT2D eigenvalue weighted by atomic mass is 9.93. The fourth-order valence-electron chi connectivity index (χ4n) is 1.000. The van der Waals surface area contributed by atoms with Crippen molar-refractivity contribution in [3.63, 3.8) is 0 Å². The zero-order valence-corrected chi connectivity index (χ0v) is 6.66. The molecule has 0 bridgehead atoms. The standard InChI is InChI=1S/C9H9BO2/c10-8-3-1-2-7(6-8)4-5-9(11)12/h1-3,6H,4-5H2,(H,11,12). The number of hydrogen-bond acceptors (Lipinski definition) is 1. The molecule has 0 aliphatic carbocycles. The van der Waals surface area contributed by atoms with E-state index in [-0.39, 0.29) is 6.42 Å². The van der Waals surface area contributed by atoms with Gasteiger partial charge in [0.15, 0.2) is 0 Å². The largest absolute Gasteiger partial charge is 0.481 e. The zero-order chi connectivity index (χ0) is 8.97. The van der Waals surface area contributed by atoms with Crippen molar-refractivity contribution in [1.29, 1.82) is 0 Å². The van der Waals surface area contributed by atoms with Crippen LogP contribution in [0.2, 0.25) is 0 Å². The Balaban J connectivity index is 2.57. The van der Waals surface area contributed by atoms with Gasteiger partial charge >= 0.3 is 5.97 Å². The van der Waals surface area contributed by atoms with Crippen LogP contribution in [0.1, 0.15) is 12.0 Å². The van der Waals surface area contributed by atoms with E-state index in [4.69, 9.17) is 13.0 Å². The van der Waals surface area contributed by atoms with Crippen molar-refractivity contribution in [3.8, 4) is 0 Å². The van der Waals surface area contributed by atoms with Crippen LogP contribution in [0.15, 0.2) is 24.3 Å².